The van der Waals surface area contributed by atoms with Crippen LogP contribution >= 0.6 is 0 Å². The fourth-order valence-electron chi connectivity index (χ4n) is 3.35. The lowest BCUT2D eigenvalue weighted by molar-refractivity contribution is -0.385. The molecule has 0 spiro atoms. The normalized spacial score (nSPS) is 15.3. The number of anilines is 1. The van der Waals surface area contributed by atoms with Crippen LogP contribution in [-0.4, -0.2) is 53.2 Å². The molecule has 0 atom stereocenters. The van der Waals surface area contributed by atoms with E-state index < -0.39 is 14.9 Å². The first-order valence-electron chi connectivity index (χ1n) is 8.78. The maximum absolute atomic E-state index is 12.9. The van der Waals surface area contributed by atoms with E-state index in [0.29, 0.717) is 30.2 Å². The Labute approximate surface area is 166 Å². The third-order valence-corrected chi connectivity index (χ3v) is 6.72. The molecule has 4 rings (SSSR count). The minimum atomic E-state index is -3.85. The number of hydrogen-bond donors (Lipinski definition) is 0. The van der Waals surface area contributed by atoms with Gasteiger partial charge in [0, 0.05) is 44.5 Å². The van der Waals surface area contributed by atoms with E-state index in [2.05, 4.69) is 11.1 Å². The molecular formula is C18H16N6O4S. The number of pyridine rings is 1. The molecule has 3 heterocycles. The number of nitriles is 1. The van der Waals surface area contributed by atoms with Crippen LogP contribution in [0, 0.1) is 21.4 Å². The zero-order chi connectivity index (χ0) is 20.6. The van der Waals surface area contributed by atoms with Crippen molar-refractivity contribution in [3.05, 3.63) is 64.5 Å². The smallest absolute Gasteiger partial charge is 0.270 e. The van der Waals surface area contributed by atoms with E-state index in [4.69, 9.17) is 0 Å². The van der Waals surface area contributed by atoms with E-state index in [9.17, 15) is 23.8 Å². The van der Waals surface area contributed by atoms with Gasteiger partial charge in [-0.15, -0.1) is 0 Å². The summed E-state index contributed by atoms with van der Waals surface area (Å²) in [5.41, 5.74) is 0.773. The summed E-state index contributed by atoms with van der Waals surface area (Å²) in [5, 5.41) is 20.5. The minimum Gasteiger partial charge on any atom is -0.352 e. The van der Waals surface area contributed by atoms with E-state index in [-0.39, 0.29) is 23.7 Å². The van der Waals surface area contributed by atoms with E-state index >= 15 is 0 Å². The van der Waals surface area contributed by atoms with Crippen molar-refractivity contribution in [3.8, 4) is 6.07 Å². The van der Waals surface area contributed by atoms with Gasteiger partial charge in [0.05, 0.1) is 9.82 Å². The zero-order valence-corrected chi connectivity index (χ0v) is 16.0. The molecule has 2 aromatic heterocycles. The molecule has 1 saturated heterocycles. The standard InChI is InChI=1S/C18H16N6O4S/c19-13-16-18(20-17-6-1-2-7-23(16)17)21-8-10-22(11-9-21)29(27,28)15-5-3-4-14(12-15)24(25)26/h1-7,12H,8-11H2. The molecule has 11 heteroatoms. The van der Waals surface area contributed by atoms with Crippen molar-refractivity contribution in [2.75, 3.05) is 31.1 Å². The molecule has 10 nitrogen and oxygen atoms in total. The van der Waals surface area contributed by atoms with Crippen molar-refractivity contribution in [1.82, 2.24) is 13.7 Å². The van der Waals surface area contributed by atoms with Gasteiger partial charge < -0.3 is 4.90 Å². The number of nitro groups is 1. The van der Waals surface area contributed by atoms with Crippen LogP contribution < -0.4 is 4.90 Å². The third-order valence-electron chi connectivity index (χ3n) is 4.82. The van der Waals surface area contributed by atoms with Crippen molar-refractivity contribution in [2.24, 2.45) is 0 Å². The molecule has 1 aromatic carbocycles. The lowest BCUT2D eigenvalue weighted by Crippen LogP contribution is -2.49. The number of aromatic nitrogens is 2. The van der Waals surface area contributed by atoms with Crippen LogP contribution in [0.2, 0.25) is 0 Å². The van der Waals surface area contributed by atoms with Crippen LogP contribution in [0.15, 0.2) is 53.6 Å². The summed E-state index contributed by atoms with van der Waals surface area (Å²) >= 11 is 0. The lowest BCUT2D eigenvalue weighted by Gasteiger charge is -2.34. The van der Waals surface area contributed by atoms with Gasteiger partial charge in [-0.05, 0) is 18.2 Å². The van der Waals surface area contributed by atoms with Gasteiger partial charge in [0.1, 0.15) is 11.7 Å². The van der Waals surface area contributed by atoms with Crippen molar-refractivity contribution >= 4 is 27.2 Å². The van der Waals surface area contributed by atoms with Gasteiger partial charge in [-0.25, -0.2) is 13.4 Å². The second-order valence-electron chi connectivity index (χ2n) is 6.47. The predicted octanol–water partition coefficient (Wildman–Crippen LogP) is 1.63. The summed E-state index contributed by atoms with van der Waals surface area (Å²) in [4.78, 5) is 16.6. The monoisotopic (exact) mass is 412 g/mol. The van der Waals surface area contributed by atoms with Gasteiger partial charge in [-0.1, -0.05) is 12.1 Å². The molecular weight excluding hydrogens is 396 g/mol. The summed E-state index contributed by atoms with van der Waals surface area (Å²) in [6.45, 7) is 1.08. The highest BCUT2D eigenvalue weighted by Gasteiger charge is 2.31. The molecule has 1 fully saturated rings. The van der Waals surface area contributed by atoms with Crippen LogP contribution in [0.5, 0.6) is 0 Å². The summed E-state index contributed by atoms with van der Waals surface area (Å²) in [6, 6.07) is 12.6. The Morgan fingerprint density at radius 2 is 1.86 bits per heavy atom. The first-order chi connectivity index (χ1) is 13.9. The maximum atomic E-state index is 12.9. The Morgan fingerprint density at radius 3 is 2.55 bits per heavy atom. The molecule has 0 aliphatic carbocycles. The highest BCUT2D eigenvalue weighted by molar-refractivity contribution is 7.89. The Morgan fingerprint density at radius 1 is 1.10 bits per heavy atom. The number of piperazine rings is 1. The summed E-state index contributed by atoms with van der Waals surface area (Å²) < 4.78 is 28.8. The first kappa shape index (κ1) is 18.9. The van der Waals surface area contributed by atoms with Crippen LogP contribution in [0.4, 0.5) is 11.5 Å². The molecule has 0 bridgehead atoms. The molecule has 0 N–H and O–H groups in total. The number of hydrogen-bond acceptors (Lipinski definition) is 7. The van der Waals surface area contributed by atoms with Crippen LogP contribution in [-0.2, 0) is 10.0 Å². The zero-order valence-electron chi connectivity index (χ0n) is 15.2. The largest absolute Gasteiger partial charge is 0.352 e. The van der Waals surface area contributed by atoms with Crippen molar-refractivity contribution in [1.29, 1.82) is 5.26 Å². The molecule has 3 aromatic rings. The Balaban J connectivity index is 1.56. The van der Waals surface area contributed by atoms with Crippen molar-refractivity contribution in [3.63, 3.8) is 0 Å². The number of nitro benzene ring substituents is 1. The van der Waals surface area contributed by atoms with E-state index in [1.54, 1.807) is 16.7 Å². The van der Waals surface area contributed by atoms with E-state index in [1.807, 2.05) is 17.0 Å². The second kappa shape index (κ2) is 7.16. The number of nitrogens with zero attached hydrogens (tertiary/aromatic N) is 6. The van der Waals surface area contributed by atoms with Crippen LogP contribution in [0.1, 0.15) is 5.69 Å². The number of non-ortho nitro benzene ring substituents is 1. The average Bonchev–Trinajstić information content (AvgIpc) is 3.12. The van der Waals surface area contributed by atoms with E-state index in [0.717, 1.165) is 6.07 Å². The van der Waals surface area contributed by atoms with Crippen molar-refractivity contribution in [2.45, 2.75) is 4.90 Å². The lowest BCUT2D eigenvalue weighted by atomic mass is 10.3. The number of imidazole rings is 1. The number of fused-ring (bicyclic) bond motifs is 1. The Bertz CT molecular complexity index is 1240. The number of sulfonamides is 1. The third kappa shape index (κ3) is 3.28. The maximum Gasteiger partial charge on any atom is 0.270 e. The van der Waals surface area contributed by atoms with Gasteiger partial charge in [-0.2, -0.15) is 9.57 Å². The van der Waals surface area contributed by atoms with Gasteiger partial charge in [-0.3, -0.25) is 14.5 Å². The molecule has 1 aliphatic rings. The van der Waals surface area contributed by atoms with Crippen LogP contribution in [0.3, 0.4) is 0 Å². The Hall–Kier alpha value is -3.49. The molecule has 0 radical (unpaired) electrons. The van der Waals surface area contributed by atoms with Crippen LogP contribution in [0.25, 0.3) is 5.65 Å². The highest BCUT2D eigenvalue weighted by atomic mass is 32.2. The molecule has 0 amide bonds. The quantitative estimate of drug-likeness (QED) is 0.471. The van der Waals surface area contributed by atoms with E-state index in [1.165, 1.54) is 22.5 Å². The molecule has 0 unspecified atom stereocenters. The van der Waals surface area contributed by atoms with Gasteiger partial charge in [0.25, 0.3) is 5.69 Å². The molecule has 148 valence electrons. The highest BCUT2D eigenvalue weighted by Crippen LogP contribution is 2.25. The topological polar surface area (TPSA) is 125 Å². The number of rotatable bonds is 4. The van der Waals surface area contributed by atoms with Gasteiger partial charge in [0.2, 0.25) is 10.0 Å². The molecule has 0 saturated carbocycles. The fraction of sp³-hybridized carbons (Fsp3) is 0.222. The summed E-state index contributed by atoms with van der Waals surface area (Å²) in [5.74, 6) is 0.520. The SMILES string of the molecule is N#Cc1c(N2CCN(S(=O)(=O)c3cccc([N+](=O)[O-])c3)CC2)nc2ccccn12. The summed E-state index contributed by atoms with van der Waals surface area (Å²) in [7, 11) is -3.85. The molecule has 29 heavy (non-hydrogen) atoms. The van der Waals surface area contributed by atoms with Gasteiger partial charge in [0.15, 0.2) is 11.5 Å². The average molecular weight is 412 g/mol. The van der Waals surface area contributed by atoms with Gasteiger partial charge >= 0.3 is 0 Å². The second-order valence-corrected chi connectivity index (χ2v) is 8.41. The predicted molar refractivity (Wildman–Crippen MR) is 104 cm³/mol. The number of benzene rings is 1. The first-order valence-corrected chi connectivity index (χ1v) is 10.2. The summed E-state index contributed by atoms with van der Waals surface area (Å²) in [6.07, 6.45) is 1.76. The minimum absolute atomic E-state index is 0.106. The molecule has 1 aliphatic heterocycles. The van der Waals surface area contributed by atoms with Crippen molar-refractivity contribution < 1.29 is 13.3 Å². The fourth-order valence-corrected chi connectivity index (χ4v) is 4.82. The Kier molecular flexibility index (Phi) is 4.65.